The number of halogens is 1. The summed E-state index contributed by atoms with van der Waals surface area (Å²) in [5.41, 5.74) is 1.99. The van der Waals surface area contributed by atoms with E-state index in [0.717, 1.165) is 29.7 Å². The molecule has 1 saturated heterocycles. The molecule has 2 unspecified atom stereocenters. The Morgan fingerprint density at radius 3 is 2.76 bits per heavy atom. The lowest BCUT2D eigenvalue weighted by Gasteiger charge is -2.23. The Bertz CT molecular complexity index is 807. The van der Waals surface area contributed by atoms with E-state index >= 15 is 0 Å². The van der Waals surface area contributed by atoms with Crippen LogP contribution in [-0.2, 0) is 10.0 Å². The molecular formula is C13H15ClN4O2S. The van der Waals surface area contributed by atoms with Crippen LogP contribution in [0.4, 0.5) is 5.69 Å². The van der Waals surface area contributed by atoms with Gasteiger partial charge in [0.15, 0.2) is 0 Å². The van der Waals surface area contributed by atoms with Gasteiger partial charge in [-0.15, -0.1) is 0 Å². The van der Waals surface area contributed by atoms with Crippen LogP contribution in [0.5, 0.6) is 0 Å². The molecule has 6 nitrogen and oxygen atoms in total. The van der Waals surface area contributed by atoms with Gasteiger partial charge in [-0.1, -0.05) is 11.6 Å². The van der Waals surface area contributed by atoms with Crippen LogP contribution in [0.3, 0.4) is 0 Å². The second kappa shape index (κ2) is 4.34. The fourth-order valence-electron chi connectivity index (χ4n) is 3.40. The number of benzene rings is 1. The van der Waals surface area contributed by atoms with Gasteiger partial charge in [0.1, 0.15) is 0 Å². The van der Waals surface area contributed by atoms with E-state index < -0.39 is 10.0 Å². The molecule has 2 aromatic rings. The van der Waals surface area contributed by atoms with Crippen molar-refractivity contribution in [1.82, 2.24) is 14.9 Å². The monoisotopic (exact) mass is 326 g/mol. The fourth-order valence-corrected chi connectivity index (χ4v) is 4.46. The Balaban J connectivity index is 1.57. The zero-order chi connectivity index (χ0) is 14.8. The second-order valence-corrected chi connectivity index (χ2v) is 8.12. The molecule has 2 aliphatic rings. The molecule has 0 radical (unpaired) electrons. The molecule has 1 aromatic carbocycles. The van der Waals surface area contributed by atoms with E-state index in [2.05, 4.69) is 19.8 Å². The first-order valence-corrected chi connectivity index (χ1v) is 9.04. The zero-order valence-electron chi connectivity index (χ0n) is 11.4. The van der Waals surface area contributed by atoms with E-state index in [-0.39, 0.29) is 6.04 Å². The van der Waals surface area contributed by atoms with Crippen molar-refractivity contribution in [3.63, 3.8) is 0 Å². The molecule has 1 aliphatic carbocycles. The lowest BCUT2D eigenvalue weighted by atomic mass is 10.2. The van der Waals surface area contributed by atoms with Crippen LogP contribution in [0.15, 0.2) is 18.3 Å². The maximum absolute atomic E-state index is 11.3. The Kier molecular flexibility index (Phi) is 2.76. The SMILES string of the molecule is CS(=O)(=O)NC1C2CN(c3cc(Cl)cc4[nH]ncc34)CC21. The second-order valence-electron chi connectivity index (χ2n) is 5.90. The minimum Gasteiger partial charge on any atom is -0.370 e. The Labute approximate surface area is 127 Å². The highest BCUT2D eigenvalue weighted by Gasteiger charge is 2.56. The first-order chi connectivity index (χ1) is 9.92. The Hall–Kier alpha value is -1.31. The number of hydrogen-bond acceptors (Lipinski definition) is 4. The smallest absolute Gasteiger partial charge is 0.208 e. The quantitative estimate of drug-likeness (QED) is 0.888. The van der Waals surface area contributed by atoms with Crippen molar-refractivity contribution in [3.8, 4) is 0 Å². The van der Waals surface area contributed by atoms with Crippen LogP contribution in [0.2, 0.25) is 5.02 Å². The van der Waals surface area contributed by atoms with Gasteiger partial charge in [0, 0.05) is 35.2 Å². The number of fused-ring (bicyclic) bond motifs is 2. The van der Waals surface area contributed by atoms with Crippen LogP contribution in [-0.4, -0.2) is 44.0 Å². The maximum Gasteiger partial charge on any atom is 0.208 e. The summed E-state index contributed by atoms with van der Waals surface area (Å²) in [6.45, 7) is 1.69. The molecule has 8 heteroatoms. The van der Waals surface area contributed by atoms with Crippen molar-refractivity contribution in [2.45, 2.75) is 6.04 Å². The Morgan fingerprint density at radius 2 is 2.10 bits per heavy atom. The molecule has 1 aromatic heterocycles. The molecule has 0 amide bonds. The third-order valence-corrected chi connectivity index (χ3v) is 5.30. The van der Waals surface area contributed by atoms with Gasteiger partial charge in [0.05, 0.1) is 18.0 Å². The molecule has 0 spiro atoms. The molecule has 21 heavy (non-hydrogen) atoms. The molecule has 1 aliphatic heterocycles. The van der Waals surface area contributed by atoms with E-state index in [0.29, 0.717) is 16.9 Å². The average molecular weight is 327 g/mol. The van der Waals surface area contributed by atoms with Crippen molar-refractivity contribution >= 4 is 38.2 Å². The summed E-state index contributed by atoms with van der Waals surface area (Å²) in [5.74, 6) is 0.779. The molecular weight excluding hydrogens is 312 g/mol. The van der Waals surface area contributed by atoms with Gasteiger partial charge >= 0.3 is 0 Å². The molecule has 112 valence electrons. The van der Waals surface area contributed by atoms with E-state index in [1.165, 1.54) is 6.26 Å². The summed E-state index contributed by atoms with van der Waals surface area (Å²) in [5, 5.41) is 8.72. The first kappa shape index (κ1) is 13.4. The minimum atomic E-state index is -3.12. The number of rotatable bonds is 3. The molecule has 0 bridgehead atoms. The number of anilines is 1. The third kappa shape index (κ3) is 2.29. The van der Waals surface area contributed by atoms with Gasteiger partial charge in [-0.05, 0) is 24.0 Å². The van der Waals surface area contributed by atoms with Gasteiger partial charge in [-0.25, -0.2) is 13.1 Å². The third-order valence-electron chi connectivity index (χ3n) is 4.39. The summed E-state index contributed by atoms with van der Waals surface area (Å²) in [6.07, 6.45) is 3.02. The van der Waals surface area contributed by atoms with Crippen molar-refractivity contribution in [3.05, 3.63) is 23.4 Å². The average Bonchev–Trinajstić information content (AvgIpc) is 2.84. The minimum absolute atomic E-state index is 0.0928. The summed E-state index contributed by atoms with van der Waals surface area (Å²) in [7, 11) is -3.12. The number of nitrogens with zero attached hydrogens (tertiary/aromatic N) is 2. The largest absolute Gasteiger partial charge is 0.370 e. The highest BCUT2D eigenvalue weighted by molar-refractivity contribution is 7.88. The first-order valence-electron chi connectivity index (χ1n) is 6.77. The Morgan fingerprint density at radius 1 is 1.38 bits per heavy atom. The summed E-state index contributed by atoms with van der Waals surface area (Å²) < 4.78 is 25.3. The predicted molar refractivity (Wildman–Crippen MR) is 82.1 cm³/mol. The van der Waals surface area contributed by atoms with Crippen molar-refractivity contribution in [2.24, 2.45) is 11.8 Å². The number of H-pyrrole nitrogens is 1. The molecule has 2 fully saturated rings. The van der Waals surface area contributed by atoms with Crippen LogP contribution >= 0.6 is 11.6 Å². The highest BCUT2D eigenvalue weighted by Crippen LogP contribution is 2.48. The van der Waals surface area contributed by atoms with Gasteiger partial charge in [0.2, 0.25) is 10.0 Å². The molecule has 2 atom stereocenters. The van der Waals surface area contributed by atoms with E-state index in [4.69, 9.17) is 11.6 Å². The van der Waals surface area contributed by atoms with Gasteiger partial charge in [-0.2, -0.15) is 5.10 Å². The van der Waals surface area contributed by atoms with Gasteiger partial charge < -0.3 is 4.90 Å². The standard InChI is InChI=1S/C13H15ClN4O2S/c1-21(19,20)17-13-9-5-18(6-10(9)13)12-3-7(14)2-11-8(12)4-15-16-11/h2-4,9-10,13,17H,5-6H2,1H3,(H,15,16). The maximum atomic E-state index is 11.3. The number of aromatic nitrogens is 2. The van der Waals surface area contributed by atoms with Crippen molar-refractivity contribution < 1.29 is 8.42 Å². The number of sulfonamides is 1. The molecule has 4 rings (SSSR count). The van der Waals surface area contributed by atoms with E-state index in [1.807, 2.05) is 12.1 Å². The molecule has 2 heterocycles. The van der Waals surface area contributed by atoms with Crippen LogP contribution in [0, 0.1) is 11.8 Å². The lowest BCUT2D eigenvalue weighted by Crippen LogP contribution is -2.34. The van der Waals surface area contributed by atoms with Crippen LogP contribution in [0.1, 0.15) is 0 Å². The van der Waals surface area contributed by atoms with Gasteiger partial charge in [-0.3, -0.25) is 5.10 Å². The lowest BCUT2D eigenvalue weighted by molar-refractivity contribution is 0.577. The molecule has 1 saturated carbocycles. The van der Waals surface area contributed by atoms with Crippen molar-refractivity contribution in [1.29, 1.82) is 0 Å². The number of piperidine rings is 1. The highest BCUT2D eigenvalue weighted by atomic mass is 35.5. The number of hydrogen-bond donors (Lipinski definition) is 2. The summed E-state index contributed by atoms with van der Waals surface area (Å²) in [4.78, 5) is 2.26. The topological polar surface area (TPSA) is 78.1 Å². The van der Waals surface area contributed by atoms with Crippen molar-refractivity contribution in [2.75, 3.05) is 24.2 Å². The summed E-state index contributed by atoms with van der Waals surface area (Å²) >= 11 is 6.16. The normalized spacial score (nSPS) is 28.1. The van der Waals surface area contributed by atoms with E-state index in [9.17, 15) is 8.42 Å². The fraction of sp³-hybridized carbons (Fsp3) is 0.462. The van der Waals surface area contributed by atoms with Crippen LogP contribution < -0.4 is 9.62 Å². The van der Waals surface area contributed by atoms with Crippen LogP contribution in [0.25, 0.3) is 10.9 Å². The number of aromatic amines is 1. The predicted octanol–water partition coefficient (Wildman–Crippen LogP) is 1.20. The van der Waals surface area contributed by atoms with Gasteiger partial charge in [0.25, 0.3) is 0 Å². The summed E-state index contributed by atoms with van der Waals surface area (Å²) in [6, 6.07) is 3.90. The molecule has 2 N–H and O–H groups in total. The van der Waals surface area contributed by atoms with E-state index in [1.54, 1.807) is 6.20 Å². The zero-order valence-corrected chi connectivity index (χ0v) is 12.9. The number of nitrogens with one attached hydrogen (secondary N) is 2.